The van der Waals surface area contributed by atoms with Crippen molar-refractivity contribution in [1.82, 2.24) is 9.80 Å². The number of phenolic OH excluding ortho intramolecular Hbond substituents is 2. The van der Waals surface area contributed by atoms with Gasteiger partial charge < -0.3 is 30.6 Å². The van der Waals surface area contributed by atoms with Crippen LogP contribution in [0.4, 0.5) is 0 Å². The molecule has 0 aromatic heterocycles. The molecule has 2 rings (SSSR count). The summed E-state index contributed by atoms with van der Waals surface area (Å²) in [6.45, 7) is -3.09. The van der Waals surface area contributed by atoms with Gasteiger partial charge in [-0.15, -0.1) is 0 Å². The van der Waals surface area contributed by atoms with Crippen LogP contribution >= 0.6 is 0 Å². The smallest absolute Gasteiger partial charge is 0.325 e. The van der Waals surface area contributed by atoms with Crippen molar-refractivity contribution in [3.05, 3.63) is 53.6 Å². The standard InChI is InChI=1S/C22H24N2O13S/c25-15-4-2-1-3-13(15)19(21(31)32)23(10-17(27)28)7-8-24(11-18(29)30)20(22(33)34)14-9-12(38(35,36)37)5-6-16(14)26/h1-6,9,19-20,25-26H,7-8,10-11H2,(H,27,28)(H,29,30)(H,31,32)(H,33,34)(H,35,36,37)/t19-,20?/m0/s1. The van der Waals surface area contributed by atoms with E-state index in [1.54, 1.807) is 0 Å². The molecule has 38 heavy (non-hydrogen) atoms. The topological polar surface area (TPSA) is 251 Å². The molecule has 0 aliphatic rings. The predicted molar refractivity (Wildman–Crippen MR) is 125 cm³/mol. The molecule has 206 valence electrons. The highest BCUT2D eigenvalue weighted by Gasteiger charge is 2.35. The molecule has 7 N–H and O–H groups in total. The van der Waals surface area contributed by atoms with Crippen LogP contribution in [-0.4, -0.2) is 103 Å². The number of hydrogen-bond acceptors (Lipinski definition) is 10. The molecule has 0 aliphatic heterocycles. The Morgan fingerprint density at radius 3 is 1.58 bits per heavy atom. The first-order valence-corrected chi connectivity index (χ1v) is 12.0. The predicted octanol–water partition coefficient (Wildman–Crippen LogP) is 0.0693. The van der Waals surface area contributed by atoms with Crippen LogP contribution < -0.4 is 0 Å². The number of aromatic hydroxyl groups is 2. The number of phenols is 2. The summed E-state index contributed by atoms with van der Waals surface area (Å²) < 4.78 is 32.4. The van der Waals surface area contributed by atoms with E-state index >= 15 is 0 Å². The molecule has 0 fully saturated rings. The molecule has 15 nitrogen and oxygen atoms in total. The van der Waals surface area contributed by atoms with E-state index in [4.69, 9.17) is 0 Å². The van der Waals surface area contributed by atoms with Crippen LogP contribution in [0.5, 0.6) is 11.5 Å². The first-order valence-electron chi connectivity index (χ1n) is 10.6. The van der Waals surface area contributed by atoms with Gasteiger partial charge in [0, 0.05) is 24.2 Å². The SMILES string of the molecule is O=C(O)CN(CCN(CC(=O)O)[C@H](C(=O)O)c1ccccc1O)C(C(=O)O)c1cc(S(=O)(=O)O)ccc1O. The van der Waals surface area contributed by atoms with Crippen molar-refractivity contribution in [3.8, 4) is 11.5 Å². The van der Waals surface area contributed by atoms with Gasteiger partial charge in [0.25, 0.3) is 10.1 Å². The zero-order chi connectivity index (χ0) is 28.8. The molecule has 0 heterocycles. The molecule has 2 aromatic rings. The van der Waals surface area contributed by atoms with Crippen LogP contribution in [0.15, 0.2) is 47.4 Å². The van der Waals surface area contributed by atoms with E-state index in [0.29, 0.717) is 6.07 Å². The lowest BCUT2D eigenvalue weighted by atomic mass is 10.0. The lowest BCUT2D eigenvalue weighted by Crippen LogP contribution is -2.46. The van der Waals surface area contributed by atoms with Gasteiger partial charge in [0.1, 0.15) is 23.6 Å². The van der Waals surface area contributed by atoms with Gasteiger partial charge in [0.2, 0.25) is 0 Å². The first kappa shape index (κ1) is 30.0. The van der Waals surface area contributed by atoms with Crippen LogP contribution in [0.2, 0.25) is 0 Å². The number of rotatable bonds is 14. The van der Waals surface area contributed by atoms with E-state index in [0.717, 1.165) is 21.9 Å². The Kier molecular flexibility index (Phi) is 9.72. The molecular weight excluding hydrogens is 532 g/mol. The Balaban J connectivity index is 2.55. The summed E-state index contributed by atoms with van der Waals surface area (Å²) in [7, 11) is -4.85. The molecule has 0 saturated carbocycles. The van der Waals surface area contributed by atoms with Gasteiger partial charge >= 0.3 is 23.9 Å². The second-order valence-electron chi connectivity index (χ2n) is 7.96. The van der Waals surface area contributed by atoms with E-state index < -0.39 is 94.2 Å². The minimum Gasteiger partial charge on any atom is -0.508 e. The summed E-state index contributed by atoms with van der Waals surface area (Å²) in [6, 6.07) is 3.64. The van der Waals surface area contributed by atoms with Crippen molar-refractivity contribution in [3.63, 3.8) is 0 Å². The van der Waals surface area contributed by atoms with Gasteiger partial charge in [0.05, 0.1) is 18.0 Å². The molecule has 0 radical (unpaired) electrons. The Morgan fingerprint density at radius 2 is 1.16 bits per heavy atom. The van der Waals surface area contributed by atoms with Crippen LogP contribution in [0.3, 0.4) is 0 Å². The highest BCUT2D eigenvalue weighted by atomic mass is 32.2. The van der Waals surface area contributed by atoms with Crippen molar-refractivity contribution >= 4 is 34.0 Å². The quantitative estimate of drug-likeness (QED) is 0.152. The Hall–Kier alpha value is -4.25. The van der Waals surface area contributed by atoms with Crippen molar-refractivity contribution in [2.45, 2.75) is 17.0 Å². The third kappa shape index (κ3) is 7.62. The van der Waals surface area contributed by atoms with Crippen molar-refractivity contribution in [1.29, 1.82) is 0 Å². The maximum atomic E-state index is 12.2. The van der Waals surface area contributed by atoms with Gasteiger partial charge in [-0.1, -0.05) is 18.2 Å². The number of hydrogen-bond donors (Lipinski definition) is 7. The Morgan fingerprint density at radius 1 is 0.711 bits per heavy atom. The fourth-order valence-corrected chi connectivity index (χ4v) is 4.32. The third-order valence-electron chi connectivity index (χ3n) is 5.37. The molecule has 0 bridgehead atoms. The maximum absolute atomic E-state index is 12.2. The summed E-state index contributed by atoms with van der Waals surface area (Å²) >= 11 is 0. The van der Waals surface area contributed by atoms with Gasteiger partial charge in [-0.05, 0) is 24.3 Å². The highest BCUT2D eigenvalue weighted by molar-refractivity contribution is 7.85. The third-order valence-corrected chi connectivity index (χ3v) is 6.22. The number of para-hydroxylation sites is 1. The minimum atomic E-state index is -4.85. The average molecular weight is 557 g/mol. The second kappa shape index (κ2) is 12.3. The first-order chi connectivity index (χ1) is 17.6. The Bertz CT molecular complexity index is 1330. The van der Waals surface area contributed by atoms with E-state index in [1.165, 1.54) is 24.3 Å². The van der Waals surface area contributed by atoms with Gasteiger partial charge in [-0.25, -0.2) is 0 Å². The molecule has 2 atom stereocenters. The lowest BCUT2D eigenvalue weighted by Gasteiger charge is -2.33. The number of aliphatic carboxylic acids is 4. The van der Waals surface area contributed by atoms with Crippen LogP contribution in [0.1, 0.15) is 23.2 Å². The second-order valence-corrected chi connectivity index (χ2v) is 9.39. The van der Waals surface area contributed by atoms with Crippen LogP contribution in [0, 0.1) is 0 Å². The van der Waals surface area contributed by atoms with Crippen LogP contribution in [-0.2, 0) is 29.3 Å². The molecule has 0 aliphatic carbocycles. The zero-order valence-corrected chi connectivity index (χ0v) is 20.2. The van der Waals surface area contributed by atoms with E-state index in [-0.39, 0.29) is 5.56 Å². The summed E-state index contributed by atoms with van der Waals surface area (Å²) in [5, 5.41) is 58.7. The number of nitrogens with zero attached hydrogens (tertiary/aromatic N) is 2. The number of carbonyl (C=O) groups is 4. The number of carboxylic acid groups (broad SMARTS) is 4. The fourth-order valence-electron chi connectivity index (χ4n) is 3.81. The normalized spacial score (nSPS) is 13.2. The van der Waals surface area contributed by atoms with Gasteiger partial charge in [-0.2, -0.15) is 8.42 Å². The lowest BCUT2D eigenvalue weighted by molar-refractivity contribution is -0.150. The molecule has 0 saturated heterocycles. The summed E-state index contributed by atoms with van der Waals surface area (Å²) in [6.07, 6.45) is 0. The fraction of sp³-hybridized carbons (Fsp3) is 0.273. The molecule has 0 amide bonds. The largest absolute Gasteiger partial charge is 0.508 e. The molecule has 0 spiro atoms. The van der Waals surface area contributed by atoms with Crippen molar-refractivity contribution in [2.24, 2.45) is 0 Å². The van der Waals surface area contributed by atoms with E-state index in [1.807, 2.05) is 0 Å². The Labute approximate surface area is 215 Å². The van der Waals surface area contributed by atoms with Crippen molar-refractivity contribution < 1.29 is 62.8 Å². The maximum Gasteiger partial charge on any atom is 0.325 e. The highest BCUT2D eigenvalue weighted by Crippen LogP contribution is 2.32. The number of carboxylic acids is 4. The van der Waals surface area contributed by atoms with Crippen molar-refractivity contribution in [2.75, 3.05) is 26.2 Å². The van der Waals surface area contributed by atoms with Gasteiger partial charge in [-0.3, -0.25) is 33.5 Å². The van der Waals surface area contributed by atoms with Gasteiger partial charge in [0.15, 0.2) is 0 Å². The zero-order valence-electron chi connectivity index (χ0n) is 19.4. The monoisotopic (exact) mass is 556 g/mol. The molecule has 1 unspecified atom stereocenters. The summed E-state index contributed by atoms with van der Waals surface area (Å²) in [5.41, 5.74) is -0.784. The molecule has 2 aromatic carbocycles. The average Bonchev–Trinajstić information content (AvgIpc) is 2.78. The van der Waals surface area contributed by atoms with E-state index in [2.05, 4.69) is 0 Å². The molecular formula is C22H24N2O13S. The molecule has 16 heteroatoms. The minimum absolute atomic E-state index is 0.181. The summed E-state index contributed by atoms with van der Waals surface area (Å²) in [4.78, 5) is 48.1. The van der Waals surface area contributed by atoms with Crippen LogP contribution in [0.25, 0.3) is 0 Å². The van der Waals surface area contributed by atoms with E-state index in [9.17, 15) is 62.8 Å². The number of benzene rings is 2. The summed E-state index contributed by atoms with van der Waals surface area (Å²) in [5.74, 6) is -7.56.